The molecule has 0 spiro atoms. The number of carbonyl (C=O) groups excluding carboxylic acids is 3. The molecule has 0 bridgehead atoms. The average Bonchev–Trinajstić information content (AvgIpc) is 4.14. The number of rotatable bonds is 13. The molecule has 3 fully saturated rings. The van der Waals surface area contributed by atoms with E-state index in [2.05, 4.69) is 15.4 Å². The number of alkyl carbamates (subject to hydrolysis) is 1. The van der Waals surface area contributed by atoms with Crippen LogP contribution in [0.5, 0.6) is 11.5 Å². The van der Waals surface area contributed by atoms with E-state index in [1.165, 1.54) is 41.0 Å². The van der Waals surface area contributed by atoms with E-state index in [-0.39, 0.29) is 46.3 Å². The fraction of sp³-hybridized carbons (Fsp3) is 0.425. The van der Waals surface area contributed by atoms with Crippen LogP contribution in [0.1, 0.15) is 54.3 Å². The van der Waals surface area contributed by atoms with Crippen LogP contribution in [0, 0.1) is 17.7 Å². The van der Waals surface area contributed by atoms with E-state index in [0.717, 1.165) is 25.7 Å². The van der Waals surface area contributed by atoms with E-state index in [4.69, 9.17) is 14.5 Å². The van der Waals surface area contributed by atoms with E-state index >= 15 is 0 Å². The van der Waals surface area contributed by atoms with E-state index in [1.807, 2.05) is 5.01 Å². The lowest BCUT2D eigenvalue weighted by molar-refractivity contribution is -0.133. The van der Waals surface area contributed by atoms with Gasteiger partial charge in [-0.1, -0.05) is 12.1 Å². The van der Waals surface area contributed by atoms with Gasteiger partial charge >= 0.3 is 12.1 Å². The standard InChI is InChI=1S/C40H46FN7O7.2H2/c1-25(42-40(52)53-3)37(49)45-18-20-46(21-19-45)48-36(44-33-7-5-4-6-32(33)38(48)50)26(2)47(39(51)43-30-14-12-29(41)13-15-30)34-17-16-31(54-23-27-8-9-27)22-35(34)55-24-28-10-11-28;;/h4-7,12-17,22,25-28H,8-11,18-21,23-24H2,1-3H3,(H,42,52)(H,43,51);2*1H/t25-,26?;;/m0../s1. The number of para-hydroxylation sites is 1. The minimum absolute atomic E-state index is 0. The number of aromatic nitrogens is 2. The normalized spacial score (nSPS) is 16.6. The summed E-state index contributed by atoms with van der Waals surface area (Å²) in [6.45, 7) is 5.49. The molecule has 55 heavy (non-hydrogen) atoms. The second-order valence-electron chi connectivity index (χ2n) is 14.4. The Morgan fingerprint density at radius 2 is 1.60 bits per heavy atom. The Morgan fingerprint density at radius 3 is 2.27 bits per heavy atom. The Bertz CT molecular complexity index is 2110. The maximum absolute atomic E-state index is 14.6. The number of urea groups is 1. The molecule has 1 saturated heterocycles. The zero-order chi connectivity index (χ0) is 38.6. The molecule has 14 nitrogen and oxygen atoms in total. The number of halogens is 1. The molecule has 1 aromatic heterocycles. The number of anilines is 2. The predicted octanol–water partition coefficient (Wildman–Crippen LogP) is 5.93. The van der Waals surface area contributed by atoms with Crippen LogP contribution >= 0.6 is 0 Å². The second kappa shape index (κ2) is 16.2. The second-order valence-corrected chi connectivity index (χ2v) is 14.4. The summed E-state index contributed by atoms with van der Waals surface area (Å²) in [6, 6.07) is 15.6. The number of benzene rings is 3. The number of ether oxygens (including phenoxy) is 3. The third-order valence-electron chi connectivity index (χ3n) is 10.1. The monoisotopic (exact) mass is 759 g/mol. The summed E-state index contributed by atoms with van der Waals surface area (Å²) < 4.78 is 32.6. The number of nitrogens with one attached hydrogen (secondary N) is 2. The molecule has 1 aliphatic heterocycles. The highest BCUT2D eigenvalue weighted by atomic mass is 19.1. The topological polar surface area (TPSA) is 148 Å². The van der Waals surface area contributed by atoms with E-state index in [0.29, 0.717) is 58.8 Å². The molecule has 3 aromatic carbocycles. The number of hydrogen-bond acceptors (Lipinski definition) is 9. The first-order chi connectivity index (χ1) is 26.6. The molecule has 3 aliphatic rings. The highest BCUT2D eigenvalue weighted by molar-refractivity contribution is 6.03. The van der Waals surface area contributed by atoms with Crippen molar-refractivity contribution in [1.82, 2.24) is 19.9 Å². The average molecular weight is 760 g/mol. The Kier molecular flexibility index (Phi) is 11.1. The van der Waals surface area contributed by atoms with Crippen LogP contribution in [-0.2, 0) is 9.53 Å². The van der Waals surface area contributed by atoms with E-state index in [1.54, 1.807) is 61.2 Å². The van der Waals surface area contributed by atoms with E-state index < -0.39 is 30.0 Å². The third-order valence-corrected chi connectivity index (χ3v) is 10.1. The van der Waals surface area contributed by atoms with Gasteiger partial charge < -0.3 is 34.8 Å². The zero-order valence-corrected chi connectivity index (χ0v) is 31.2. The van der Waals surface area contributed by atoms with Crippen molar-refractivity contribution < 1.29 is 35.8 Å². The Balaban J connectivity index is 0.00000310. The molecule has 7 rings (SSSR count). The summed E-state index contributed by atoms with van der Waals surface area (Å²) in [5.74, 6) is 1.57. The van der Waals surface area contributed by atoms with Crippen molar-refractivity contribution in [2.24, 2.45) is 11.8 Å². The first kappa shape index (κ1) is 37.5. The van der Waals surface area contributed by atoms with Crippen molar-refractivity contribution in [1.29, 1.82) is 0 Å². The number of fused-ring (bicyclic) bond motifs is 1. The molecule has 1 unspecified atom stereocenters. The number of amides is 4. The summed E-state index contributed by atoms with van der Waals surface area (Å²) in [6.07, 6.45) is 3.68. The van der Waals surface area contributed by atoms with Crippen molar-refractivity contribution in [3.8, 4) is 11.5 Å². The molecule has 2 N–H and O–H groups in total. The highest BCUT2D eigenvalue weighted by Gasteiger charge is 2.34. The van der Waals surface area contributed by atoms with Gasteiger partial charge in [0, 0.05) is 27.7 Å². The SMILES string of the molecule is COC(=O)N[C@@H](C)C(=O)N1CCN(n2c(C(C)N(C(=O)Nc3ccc(F)cc3)c3ccc(OCC4CC4)cc3OCC3CC3)nc3ccccc3c2=O)CC1.[HH].[HH]. The molecule has 2 heterocycles. The zero-order valence-electron chi connectivity index (χ0n) is 31.2. The molecule has 4 aromatic rings. The van der Waals surface area contributed by atoms with Crippen molar-refractivity contribution >= 4 is 40.3 Å². The van der Waals surface area contributed by atoms with Crippen LogP contribution in [0.15, 0.2) is 71.5 Å². The lowest BCUT2D eigenvalue weighted by Crippen LogP contribution is -2.59. The number of carbonyl (C=O) groups is 3. The van der Waals surface area contributed by atoms with Crippen LogP contribution < -0.4 is 35.6 Å². The summed E-state index contributed by atoms with van der Waals surface area (Å²) >= 11 is 0. The number of piperazine rings is 1. The van der Waals surface area contributed by atoms with Crippen LogP contribution in [0.25, 0.3) is 10.9 Å². The summed E-state index contributed by atoms with van der Waals surface area (Å²) in [5, 5.41) is 7.63. The molecular formula is C40H50FN7O7. The Hall–Kier alpha value is -5.86. The summed E-state index contributed by atoms with van der Waals surface area (Å²) in [5.41, 5.74) is 0.924. The number of nitrogens with zero attached hydrogens (tertiary/aromatic N) is 5. The summed E-state index contributed by atoms with van der Waals surface area (Å²) in [4.78, 5) is 62.1. The van der Waals surface area contributed by atoms with Gasteiger partial charge in [0.1, 0.15) is 23.4 Å². The molecular weight excluding hydrogens is 709 g/mol. The van der Waals surface area contributed by atoms with E-state index in [9.17, 15) is 23.6 Å². The largest absolute Gasteiger partial charge is 0.493 e. The van der Waals surface area contributed by atoms with Crippen LogP contribution in [-0.4, -0.2) is 85.1 Å². The molecule has 294 valence electrons. The molecule has 4 amide bonds. The molecule has 2 atom stereocenters. The Labute approximate surface area is 321 Å². The van der Waals surface area contributed by atoms with Crippen molar-refractivity contribution in [3.63, 3.8) is 0 Å². The van der Waals surface area contributed by atoms with Gasteiger partial charge in [-0.25, -0.2) is 23.6 Å². The summed E-state index contributed by atoms with van der Waals surface area (Å²) in [7, 11) is 1.23. The van der Waals surface area contributed by atoms with Gasteiger partial charge in [-0.2, -0.15) is 0 Å². The molecule has 2 aliphatic carbocycles. The van der Waals surface area contributed by atoms with Gasteiger partial charge in [0.05, 0.1) is 56.0 Å². The lowest BCUT2D eigenvalue weighted by atomic mass is 10.1. The predicted molar refractivity (Wildman–Crippen MR) is 209 cm³/mol. The maximum Gasteiger partial charge on any atom is 0.407 e. The van der Waals surface area contributed by atoms with Gasteiger partial charge in [0.25, 0.3) is 5.56 Å². The first-order valence-corrected chi connectivity index (χ1v) is 18.7. The highest BCUT2D eigenvalue weighted by Crippen LogP contribution is 2.40. The van der Waals surface area contributed by atoms with Gasteiger partial charge in [0.15, 0.2) is 5.82 Å². The third kappa shape index (κ3) is 8.76. The van der Waals surface area contributed by atoms with Crippen LogP contribution in [0.4, 0.5) is 25.4 Å². The maximum atomic E-state index is 14.6. The van der Waals surface area contributed by atoms with Gasteiger partial charge in [0.2, 0.25) is 5.91 Å². The van der Waals surface area contributed by atoms with Gasteiger partial charge in [-0.3, -0.25) is 14.5 Å². The van der Waals surface area contributed by atoms with Gasteiger partial charge in [-0.05, 0) is 99.9 Å². The minimum atomic E-state index is -0.872. The fourth-order valence-electron chi connectivity index (χ4n) is 6.59. The molecule has 2 saturated carbocycles. The first-order valence-electron chi connectivity index (χ1n) is 18.7. The van der Waals surface area contributed by atoms with Crippen molar-refractivity contribution in [2.75, 3.05) is 61.7 Å². The van der Waals surface area contributed by atoms with Gasteiger partial charge in [-0.15, -0.1) is 0 Å². The number of methoxy groups -OCH3 is 1. The molecule has 15 heteroatoms. The van der Waals surface area contributed by atoms with Crippen molar-refractivity contribution in [2.45, 2.75) is 51.6 Å². The Morgan fingerprint density at radius 1 is 0.927 bits per heavy atom. The van der Waals surface area contributed by atoms with Crippen LogP contribution in [0.3, 0.4) is 0 Å². The number of hydrogen-bond donors (Lipinski definition) is 2. The molecule has 0 radical (unpaired) electrons. The smallest absolute Gasteiger partial charge is 0.407 e. The van der Waals surface area contributed by atoms with Crippen LogP contribution in [0.2, 0.25) is 0 Å². The minimum Gasteiger partial charge on any atom is -0.493 e. The fourth-order valence-corrected chi connectivity index (χ4v) is 6.59. The van der Waals surface area contributed by atoms with Crippen molar-refractivity contribution in [3.05, 3.63) is 88.7 Å². The lowest BCUT2D eigenvalue weighted by Gasteiger charge is -2.39. The quantitative estimate of drug-likeness (QED) is 0.169.